The highest BCUT2D eigenvalue weighted by Gasteiger charge is 2.69. The van der Waals surface area contributed by atoms with Gasteiger partial charge in [-0.25, -0.2) is 4.79 Å². The largest absolute Gasteiger partial charge is 0.494 e. The Labute approximate surface area is 116 Å². The first-order valence-electron chi connectivity index (χ1n) is 6.17. The van der Waals surface area contributed by atoms with E-state index in [-0.39, 0.29) is 5.76 Å². The van der Waals surface area contributed by atoms with Crippen LogP contribution in [0.3, 0.4) is 0 Å². The average molecular weight is 286 g/mol. The van der Waals surface area contributed by atoms with E-state index >= 15 is 0 Å². The van der Waals surface area contributed by atoms with Crippen LogP contribution in [0.5, 0.6) is 0 Å². The molecule has 0 bridgehead atoms. The van der Waals surface area contributed by atoms with Gasteiger partial charge in [-0.2, -0.15) is 0 Å². The molecule has 2 aliphatic heterocycles. The second kappa shape index (κ2) is 4.75. The van der Waals surface area contributed by atoms with Crippen LogP contribution in [0.2, 0.25) is 0 Å². The van der Waals surface area contributed by atoms with Crippen molar-refractivity contribution in [3.05, 3.63) is 11.8 Å². The van der Waals surface area contributed by atoms with Gasteiger partial charge >= 0.3 is 11.9 Å². The van der Waals surface area contributed by atoms with Crippen LogP contribution in [0.4, 0.5) is 0 Å². The molecule has 112 valence electrons. The molecule has 0 aromatic rings. The summed E-state index contributed by atoms with van der Waals surface area (Å²) in [6.45, 7) is 3.43. The highest BCUT2D eigenvalue weighted by molar-refractivity contribution is 5.88. The van der Waals surface area contributed by atoms with E-state index in [0.717, 1.165) is 6.08 Å². The van der Waals surface area contributed by atoms with E-state index in [1.807, 2.05) is 0 Å². The first-order chi connectivity index (χ1) is 9.34. The molecule has 0 amide bonds. The number of hydrogen-bond donors (Lipinski definition) is 0. The van der Waals surface area contributed by atoms with Gasteiger partial charge in [-0.15, -0.1) is 0 Å². The molecule has 1 fully saturated rings. The van der Waals surface area contributed by atoms with Crippen LogP contribution < -0.4 is 0 Å². The quantitative estimate of drug-likeness (QED) is 0.702. The fourth-order valence-corrected chi connectivity index (χ4v) is 2.73. The molecule has 7 nitrogen and oxygen atoms in total. The van der Waals surface area contributed by atoms with Crippen molar-refractivity contribution in [2.75, 3.05) is 21.3 Å². The molecular formula is C13H18O7. The third-order valence-electron chi connectivity index (χ3n) is 4.02. The van der Waals surface area contributed by atoms with E-state index < -0.39 is 35.3 Å². The molecule has 0 aliphatic carbocycles. The molecule has 4 atom stereocenters. The topological polar surface area (TPSA) is 80.3 Å². The third-order valence-corrected chi connectivity index (χ3v) is 4.02. The van der Waals surface area contributed by atoms with E-state index in [4.69, 9.17) is 23.7 Å². The Morgan fingerprint density at radius 2 is 2.00 bits per heavy atom. The highest BCUT2D eigenvalue weighted by atomic mass is 16.8. The Bertz CT molecular complexity index is 471. The SMILES string of the molecule is COC(=O)[C@H]1[C@H](C)[C@](C)(OC)O[C@]12OC(=O)C=C2OC. The molecule has 1 spiro atoms. The van der Waals surface area contributed by atoms with Crippen molar-refractivity contribution < 1.29 is 33.3 Å². The van der Waals surface area contributed by atoms with E-state index in [9.17, 15) is 9.59 Å². The van der Waals surface area contributed by atoms with Gasteiger partial charge in [-0.3, -0.25) is 4.79 Å². The summed E-state index contributed by atoms with van der Waals surface area (Å²) in [4.78, 5) is 23.7. The van der Waals surface area contributed by atoms with Crippen LogP contribution >= 0.6 is 0 Å². The zero-order valence-corrected chi connectivity index (χ0v) is 12.1. The predicted molar refractivity (Wildman–Crippen MR) is 65.1 cm³/mol. The maximum Gasteiger partial charge on any atom is 0.337 e. The normalized spacial score (nSPS) is 39.6. The molecule has 0 radical (unpaired) electrons. The fourth-order valence-electron chi connectivity index (χ4n) is 2.73. The number of rotatable bonds is 3. The van der Waals surface area contributed by atoms with Crippen molar-refractivity contribution in [2.45, 2.75) is 25.4 Å². The van der Waals surface area contributed by atoms with Crippen LogP contribution in [-0.2, 0) is 33.3 Å². The van der Waals surface area contributed by atoms with E-state index in [2.05, 4.69) is 0 Å². The van der Waals surface area contributed by atoms with Crippen molar-refractivity contribution in [3.63, 3.8) is 0 Å². The van der Waals surface area contributed by atoms with Gasteiger partial charge in [0.05, 0.1) is 20.3 Å². The predicted octanol–water partition coefficient (Wildman–Crippen LogP) is 0.588. The zero-order valence-electron chi connectivity index (χ0n) is 12.1. The monoisotopic (exact) mass is 286 g/mol. The summed E-state index contributed by atoms with van der Waals surface area (Å²) in [6.07, 6.45) is 1.16. The third kappa shape index (κ3) is 1.81. The Balaban J connectivity index is 2.53. The van der Waals surface area contributed by atoms with E-state index in [0.29, 0.717) is 0 Å². The minimum atomic E-state index is -1.64. The molecule has 0 N–H and O–H groups in total. The van der Waals surface area contributed by atoms with Gasteiger partial charge in [0.15, 0.2) is 11.5 Å². The van der Waals surface area contributed by atoms with Gasteiger partial charge in [-0.05, 0) is 6.92 Å². The maximum atomic E-state index is 12.1. The van der Waals surface area contributed by atoms with E-state index in [1.54, 1.807) is 13.8 Å². The molecule has 2 heterocycles. The summed E-state index contributed by atoms with van der Waals surface area (Å²) >= 11 is 0. The molecule has 0 unspecified atom stereocenters. The van der Waals surface area contributed by atoms with Gasteiger partial charge in [0.1, 0.15) is 5.92 Å². The van der Waals surface area contributed by atoms with Gasteiger partial charge in [0.25, 0.3) is 5.79 Å². The summed E-state index contributed by atoms with van der Waals surface area (Å²) in [5, 5.41) is 0. The summed E-state index contributed by atoms with van der Waals surface area (Å²) in [5.74, 6) is -5.10. The number of ether oxygens (including phenoxy) is 5. The second-order valence-corrected chi connectivity index (χ2v) is 4.91. The maximum absolute atomic E-state index is 12.1. The van der Waals surface area contributed by atoms with Crippen LogP contribution in [0, 0.1) is 11.8 Å². The van der Waals surface area contributed by atoms with Crippen molar-refractivity contribution in [1.82, 2.24) is 0 Å². The number of carbonyl (C=O) groups excluding carboxylic acids is 2. The molecule has 2 rings (SSSR count). The molecule has 0 aromatic carbocycles. The first-order valence-corrected chi connectivity index (χ1v) is 6.17. The minimum absolute atomic E-state index is 0.130. The Kier molecular flexibility index (Phi) is 3.51. The minimum Gasteiger partial charge on any atom is -0.494 e. The Morgan fingerprint density at radius 1 is 1.35 bits per heavy atom. The van der Waals surface area contributed by atoms with Gasteiger partial charge in [0.2, 0.25) is 0 Å². The lowest BCUT2D eigenvalue weighted by Gasteiger charge is -2.30. The van der Waals surface area contributed by atoms with Crippen LogP contribution in [0.15, 0.2) is 11.8 Å². The number of hydrogen-bond acceptors (Lipinski definition) is 7. The number of esters is 2. The van der Waals surface area contributed by atoms with Crippen molar-refractivity contribution in [1.29, 1.82) is 0 Å². The molecule has 0 saturated carbocycles. The molecule has 0 aromatic heterocycles. The highest BCUT2D eigenvalue weighted by Crippen LogP contribution is 2.53. The van der Waals surface area contributed by atoms with Gasteiger partial charge in [-0.1, -0.05) is 6.92 Å². The van der Waals surface area contributed by atoms with Crippen LogP contribution in [0.1, 0.15) is 13.8 Å². The Hall–Kier alpha value is -1.60. The van der Waals surface area contributed by atoms with Gasteiger partial charge < -0.3 is 23.7 Å². The molecule has 7 heteroatoms. The lowest BCUT2D eigenvalue weighted by molar-refractivity contribution is -0.294. The smallest absolute Gasteiger partial charge is 0.337 e. The summed E-state index contributed by atoms with van der Waals surface area (Å²) in [7, 11) is 4.09. The molecule has 20 heavy (non-hydrogen) atoms. The summed E-state index contributed by atoms with van der Waals surface area (Å²) < 4.78 is 26.4. The number of carbonyl (C=O) groups is 2. The fraction of sp³-hybridized carbons (Fsp3) is 0.692. The van der Waals surface area contributed by atoms with Crippen molar-refractivity contribution in [3.8, 4) is 0 Å². The first kappa shape index (κ1) is 14.8. The number of methoxy groups -OCH3 is 3. The lowest BCUT2D eigenvalue weighted by Crippen LogP contribution is -2.44. The molecule has 1 saturated heterocycles. The van der Waals surface area contributed by atoms with Crippen molar-refractivity contribution >= 4 is 11.9 Å². The van der Waals surface area contributed by atoms with Crippen molar-refractivity contribution in [2.24, 2.45) is 11.8 Å². The average Bonchev–Trinajstić information content (AvgIpc) is 2.84. The summed E-state index contributed by atoms with van der Waals surface area (Å²) in [5.41, 5.74) is 0. The van der Waals surface area contributed by atoms with Crippen LogP contribution in [0.25, 0.3) is 0 Å². The zero-order chi connectivity index (χ0) is 15.1. The molecule has 2 aliphatic rings. The Morgan fingerprint density at radius 3 is 2.50 bits per heavy atom. The van der Waals surface area contributed by atoms with Crippen LogP contribution in [-0.4, -0.2) is 44.8 Å². The second-order valence-electron chi connectivity index (χ2n) is 4.91. The lowest BCUT2D eigenvalue weighted by atomic mass is 9.84. The summed E-state index contributed by atoms with van der Waals surface area (Å²) in [6, 6.07) is 0. The van der Waals surface area contributed by atoms with Gasteiger partial charge in [0, 0.05) is 13.0 Å². The molecular weight excluding hydrogens is 268 g/mol. The van der Waals surface area contributed by atoms with E-state index in [1.165, 1.54) is 21.3 Å². The standard InChI is InChI=1S/C13H18O7/c1-7-10(11(15)17-4)13(20-12(7,2)18-5)8(16-3)6-9(14)19-13/h6-7,10H,1-5H3/t7-,10+,12+,13-/m0/s1.